The summed E-state index contributed by atoms with van der Waals surface area (Å²) in [7, 11) is 0. The molecule has 5 nitrogen and oxygen atoms in total. The number of Topliss-reactive ketones (excluding diaryl/α,β-unsaturated/α-hetero) is 1. The summed E-state index contributed by atoms with van der Waals surface area (Å²) in [5, 5.41) is 15.5. The molecule has 0 spiro atoms. The standard InChI is InChI=1S/C17H24N2O3.ClH/c1-11-3-4-13(7-12(11)2)15(20)5-6-17(22)19-9-14-8-18-10-16(14)21;/h3-4,7,14,16,18,21H,5-6,8-10H2,1-2H3,(H,19,22);1H. The zero-order valence-corrected chi connectivity index (χ0v) is 14.4. The van der Waals surface area contributed by atoms with E-state index in [-0.39, 0.29) is 42.9 Å². The Morgan fingerprint density at radius 3 is 2.57 bits per heavy atom. The van der Waals surface area contributed by atoms with Gasteiger partial charge in [-0.05, 0) is 31.0 Å². The molecule has 2 unspecified atom stereocenters. The van der Waals surface area contributed by atoms with Gasteiger partial charge in [0, 0.05) is 44.0 Å². The molecule has 6 heteroatoms. The minimum atomic E-state index is -0.405. The second-order valence-electron chi connectivity index (χ2n) is 6.01. The number of benzene rings is 1. The van der Waals surface area contributed by atoms with Crippen LogP contribution in [-0.2, 0) is 4.79 Å². The van der Waals surface area contributed by atoms with E-state index in [4.69, 9.17) is 0 Å². The van der Waals surface area contributed by atoms with Gasteiger partial charge in [0.1, 0.15) is 0 Å². The summed E-state index contributed by atoms with van der Waals surface area (Å²) in [5.74, 6) is -0.100. The van der Waals surface area contributed by atoms with Crippen molar-refractivity contribution >= 4 is 24.1 Å². The van der Waals surface area contributed by atoms with Crippen LogP contribution in [0.1, 0.15) is 34.3 Å². The predicted octanol–water partition coefficient (Wildman–Crippen LogP) is 1.38. The van der Waals surface area contributed by atoms with Crippen LogP contribution in [0.3, 0.4) is 0 Å². The molecule has 1 fully saturated rings. The number of halogens is 1. The molecular formula is C17H25ClN2O3. The van der Waals surface area contributed by atoms with Gasteiger partial charge in [0.2, 0.25) is 5.91 Å². The summed E-state index contributed by atoms with van der Waals surface area (Å²) in [6, 6.07) is 5.61. The lowest BCUT2D eigenvalue weighted by Gasteiger charge is -2.14. The van der Waals surface area contributed by atoms with E-state index in [1.807, 2.05) is 32.0 Å². The molecule has 0 aromatic heterocycles. The Balaban J connectivity index is 0.00000264. The largest absolute Gasteiger partial charge is 0.391 e. The fraction of sp³-hybridized carbons (Fsp3) is 0.529. The Bertz CT molecular complexity index is 563. The van der Waals surface area contributed by atoms with Crippen LogP contribution >= 0.6 is 12.4 Å². The van der Waals surface area contributed by atoms with Crippen molar-refractivity contribution in [3.63, 3.8) is 0 Å². The van der Waals surface area contributed by atoms with Crippen LogP contribution in [0.4, 0.5) is 0 Å². The predicted molar refractivity (Wildman–Crippen MR) is 92.1 cm³/mol. The molecule has 23 heavy (non-hydrogen) atoms. The third-order valence-electron chi connectivity index (χ3n) is 4.27. The van der Waals surface area contributed by atoms with Crippen molar-refractivity contribution in [1.29, 1.82) is 0 Å². The van der Waals surface area contributed by atoms with Gasteiger partial charge in [0.15, 0.2) is 5.78 Å². The van der Waals surface area contributed by atoms with Crippen LogP contribution in [0.5, 0.6) is 0 Å². The Labute approximate surface area is 143 Å². The number of β-amino-alcohol motifs (C(OH)–C–C–N with tert-alkyl or cyclic N) is 1. The molecular weight excluding hydrogens is 316 g/mol. The van der Waals surface area contributed by atoms with E-state index >= 15 is 0 Å². The zero-order valence-electron chi connectivity index (χ0n) is 13.6. The van der Waals surface area contributed by atoms with Crippen LogP contribution in [0.15, 0.2) is 18.2 Å². The molecule has 0 aliphatic carbocycles. The molecule has 0 radical (unpaired) electrons. The van der Waals surface area contributed by atoms with Crippen LogP contribution in [0, 0.1) is 19.8 Å². The molecule has 3 N–H and O–H groups in total. The van der Waals surface area contributed by atoms with Crippen LogP contribution in [-0.4, -0.2) is 42.5 Å². The minimum absolute atomic E-state index is 0. The van der Waals surface area contributed by atoms with Crippen molar-refractivity contribution in [3.05, 3.63) is 34.9 Å². The highest BCUT2D eigenvalue weighted by Crippen LogP contribution is 2.12. The van der Waals surface area contributed by atoms with Gasteiger partial charge in [-0.3, -0.25) is 9.59 Å². The highest BCUT2D eigenvalue weighted by molar-refractivity contribution is 5.98. The molecule has 1 amide bonds. The first-order chi connectivity index (χ1) is 10.5. The van der Waals surface area contributed by atoms with Crippen LogP contribution in [0.25, 0.3) is 0 Å². The number of hydrogen-bond donors (Lipinski definition) is 3. The summed E-state index contributed by atoms with van der Waals surface area (Å²) >= 11 is 0. The van der Waals surface area contributed by atoms with Crippen molar-refractivity contribution in [2.24, 2.45) is 5.92 Å². The smallest absolute Gasteiger partial charge is 0.220 e. The topological polar surface area (TPSA) is 78.4 Å². The number of ketones is 1. The van der Waals surface area contributed by atoms with Gasteiger partial charge in [-0.1, -0.05) is 12.1 Å². The molecule has 2 atom stereocenters. The van der Waals surface area contributed by atoms with Crippen LogP contribution in [0.2, 0.25) is 0 Å². The van der Waals surface area contributed by atoms with Crippen molar-refractivity contribution in [1.82, 2.24) is 10.6 Å². The van der Waals surface area contributed by atoms with Gasteiger partial charge in [-0.25, -0.2) is 0 Å². The van der Waals surface area contributed by atoms with Gasteiger partial charge in [0.25, 0.3) is 0 Å². The summed E-state index contributed by atoms with van der Waals surface area (Å²) in [4.78, 5) is 23.9. The lowest BCUT2D eigenvalue weighted by atomic mass is 10.0. The summed E-state index contributed by atoms with van der Waals surface area (Å²) in [6.45, 7) is 5.71. The van der Waals surface area contributed by atoms with Crippen molar-refractivity contribution < 1.29 is 14.7 Å². The lowest BCUT2D eigenvalue weighted by molar-refractivity contribution is -0.121. The summed E-state index contributed by atoms with van der Waals surface area (Å²) in [6.07, 6.45) is -0.0144. The van der Waals surface area contributed by atoms with Crippen molar-refractivity contribution in [3.8, 4) is 0 Å². The molecule has 1 aromatic rings. The molecule has 1 heterocycles. The number of rotatable bonds is 6. The van der Waals surface area contributed by atoms with E-state index in [2.05, 4.69) is 10.6 Å². The molecule has 128 valence electrons. The molecule has 1 saturated heterocycles. The van der Waals surface area contributed by atoms with E-state index in [0.29, 0.717) is 25.2 Å². The average molecular weight is 341 g/mol. The number of carbonyl (C=O) groups is 2. The number of aliphatic hydroxyl groups is 1. The third kappa shape index (κ3) is 5.61. The molecule has 1 aliphatic rings. The zero-order chi connectivity index (χ0) is 16.1. The maximum atomic E-state index is 12.1. The average Bonchev–Trinajstić information content (AvgIpc) is 2.90. The quantitative estimate of drug-likeness (QED) is 0.684. The Kier molecular flexibility index (Phi) is 7.68. The van der Waals surface area contributed by atoms with Gasteiger partial charge in [-0.2, -0.15) is 0 Å². The van der Waals surface area contributed by atoms with Gasteiger partial charge in [-0.15, -0.1) is 12.4 Å². The van der Waals surface area contributed by atoms with E-state index in [0.717, 1.165) is 11.1 Å². The highest BCUT2D eigenvalue weighted by Gasteiger charge is 2.25. The molecule has 1 aromatic carbocycles. The number of aliphatic hydroxyl groups excluding tert-OH is 1. The maximum absolute atomic E-state index is 12.1. The second kappa shape index (κ2) is 9.01. The van der Waals surface area contributed by atoms with E-state index in [1.54, 1.807) is 0 Å². The van der Waals surface area contributed by atoms with Gasteiger partial charge >= 0.3 is 0 Å². The number of amides is 1. The maximum Gasteiger partial charge on any atom is 0.220 e. The first-order valence-corrected chi connectivity index (χ1v) is 7.73. The highest BCUT2D eigenvalue weighted by atomic mass is 35.5. The van der Waals surface area contributed by atoms with E-state index in [9.17, 15) is 14.7 Å². The Morgan fingerprint density at radius 2 is 1.96 bits per heavy atom. The fourth-order valence-electron chi connectivity index (χ4n) is 2.55. The number of nitrogens with one attached hydrogen (secondary N) is 2. The van der Waals surface area contributed by atoms with Crippen LogP contribution < -0.4 is 10.6 Å². The van der Waals surface area contributed by atoms with Gasteiger partial charge < -0.3 is 15.7 Å². The normalized spacial score (nSPS) is 20.0. The van der Waals surface area contributed by atoms with E-state index < -0.39 is 6.10 Å². The Morgan fingerprint density at radius 1 is 1.22 bits per heavy atom. The van der Waals surface area contributed by atoms with Gasteiger partial charge in [0.05, 0.1) is 6.10 Å². The van der Waals surface area contributed by atoms with E-state index in [1.165, 1.54) is 0 Å². The third-order valence-corrected chi connectivity index (χ3v) is 4.27. The number of carbonyl (C=O) groups excluding carboxylic acids is 2. The fourth-order valence-corrected chi connectivity index (χ4v) is 2.55. The van der Waals surface area contributed by atoms with Crippen molar-refractivity contribution in [2.45, 2.75) is 32.8 Å². The molecule has 0 saturated carbocycles. The Hall–Kier alpha value is -1.43. The number of aryl methyl sites for hydroxylation is 2. The van der Waals surface area contributed by atoms with Crippen molar-refractivity contribution in [2.75, 3.05) is 19.6 Å². The number of hydrogen-bond acceptors (Lipinski definition) is 4. The second-order valence-corrected chi connectivity index (χ2v) is 6.01. The molecule has 2 rings (SSSR count). The summed E-state index contributed by atoms with van der Waals surface area (Å²) < 4.78 is 0. The minimum Gasteiger partial charge on any atom is -0.391 e. The SMILES string of the molecule is Cc1ccc(C(=O)CCC(=O)NCC2CNCC2O)cc1C.Cl. The summed E-state index contributed by atoms with van der Waals surface area (Å²) in [5.41, 5.74) is 2.89. The monoisotopic (exact) mass is 340 g/mol. The molecule has 0 bridgehead atoms. The first-order valence-electron chi connectivity index (χ1n) is 7.73. The lowest BCUT2D eigenvalue weighted by Crippen LogP contribution is -2.34. The molecule has 1 aliphatic heterocycles. The first kappa shape index (κ1) is 19.6.